The van der Waals surface area contributed by atoms with Crippen molar-refractivity contribution in [2.75, 3.05) is 26.2 Å². The normalized spacial score (nSPS) is 22.6. The average molecular weight is 331 g/mol. The lowest BCUT2D eigenvalue weighted by Crippen LogP contribution is -2.29. The summed E-state index contributed by atoms with van der Waals surface area (Å²) in [6, 6.07) is 5.62. The van der Waals surface area contributed by atoms with Crippen LogP contribution in [0.5, 0.6) is 0 Å². The van der Waals surface area contributed by atoms with Gasteiger partial charge >= 0.3 is 0 Å². The molecule has 0 saturated carbocycles. The van der Waals surface area contributed by atoms with Gasteiger partial charge in [-0.3, -0.25) is 4.79 Å². The van der Waals surface area contributed by atoms with Gasteiger partial charge in [0.25, 0.3) is 0 Å². The Hall–Kier alpha value is -0.810. The molecule has 0 bridgehead atoms. The zero-order chi connectivity index (χ0) is 15.2. The van der Waals surface area contributed by atoms with Gasteiger partial charge in [-0.25, -0.2) is 0 Å². The third-order valence-electron chi connectivity index (χ3n) is 3.57. The molecule has 0 radical (unpaired) electrons. The van der Waals surface area contributed by atoms with Crippen molar-refractivity contribution in [3.8, 4) is 0 Å². The molecule has 0 aromatic heterocycles. The maximum atomic E-state index is 11.0. The van der Waals surface area contributed by atoms with Gasteiger partial charge in [0.1, 0.15) is 0 Å². The summed E-state index contributed by atoms with van der Waals surface area (Å²) in [4.78, 5) is 11.0. The molecule has 1 aromatic carbocycles. The molecule has 4 nitrogen and oxygen atoms in total. The summed E-state index contributed by atoms with van der Waals surface area (Å²) in [5.41, 5.74) is 1.03. The molecule has 1 aliphatic rings. The van der Waals surface area contributed by atoms with Crippen LogP contribution in [0, 0.1) is 5.92 Å². The molecule has 1 fully saturated rings. The molecule has 2 N–H and O–H groups in total. The summed E-state index contributed by atoms with van der Waals surface area (Å²) >= 11 is 12.1. The monoisotopic (exact) mass is 330 g/mol. The molecule has 1 heterocycles. The highest BCUT2D eigenvalue weighted by atomic mass is 35.5. The van der Waals surface area contributed by atoms with E-state index < -0.39 is 0 Å². The number of ether oxygens (including phenoxy) is 1. The zero-order valence-electron chi connectivity index (χ0n) is 12.0. The van der Waals surface area contributed by atoms with Crippen molar-refractivity contribution in [2.24, 2.45) is 5.92 Å². The van der Waals surface area contributed by atoms with Crippen molar-refractivity contribution in [1.29, 1.82) is 0 Å². The van der Waals surface area contributed by atoms with E-state index in [0.717, 1.165) is 25.1 Å². The number of halogens is 2. The van der Waals surface area contributed by atoms with Crippen LogP contribution in [0.2, 0.25) is 10.0 Å². The fourth-order valence-electron chi connectivity index (χ4n) is 2.53. The fraction of sp³-hybridized carbons (Fsp3) is 0.533. The molecule has 1 aliphatic heterocycles. The van der Waals surface area contributed by atoms with Gasteiger partial charge in [-0.05, 0) is 24.1 Å². The predicted molar refractivity (Wildman–Crippen MR) is 84.8 cm³/mol. The Morgan fingerprint density at radius 1 is 1.43 bits per heavy atom. The smallest absolute Gasteiger partial charge is 0.216 e. The summed E-state index contributed by atoms with van der Waals surface area (Å²) in [5, 5.41) is 7.28. The van der Waals surface area contributed by atoms with Crippen LogP contribution in [-0.4, -0.2) is 32.1 Å². The molecule has 0 aliphatic carbocycles. The van der Waals surface area contributed by atoms with Gasteiger partial charge in [0.05, 0.1) is 22.8 Å². The Kier molecular flexibility index (Phi) is 6.30. The van der Waals surface area contributed by atoms with Crippen LogP contribution in [-0.2, 0) is 9.53 Å². The van der Waals surface area contributed by atoms with Gasteiger partial charge in [0.2, 0.25) is 5.91 Å². The molecule has 116 valence electrons. The van der Waals surface area contributed by atoms with E-state index in [1.54, 1.807) is 6.07 Å². The van der Waals surface area contributed by atoms with Crippen LogP contribution in [0.25, 0.3) is 0 Å². The quantitative estimate of drug-likeness (QED) is 0.892. The Bertz CT molecular complexity index is 497. The Morgan fingerprint density at radius 3 is 2.95 bits per heavy atom. The average Bonchev–Trinajstić information content (AvgIpc) is 2.67. The molecule has 1 aromatic rings. The molecule has 6 heteroatoms. The van der Waals surface area contributed by atoms with E-state index in [2.05, 4.69) is 10.6 Å². The van der Waals surface area contributed by atoms with Crippen molar-refractivity contribution < 1.29 is 9.53 Å². The summed E-state index contributed by atoms with van der Waals surface area (Å²) in [6.45, 7) is 4.50. The van der Waals surface area contributed by atoms with E-state index in [1.165, 1.54) is 6.92 Å². The van der Waals surface area contributed by atoms with Gasteiger partial charge in [-0.15, -0.1) is 0 Å². The number of benzene rings is 1. The Morgan fingerprint density at radius 2 is 2.24 bits per heavy atom. The lowest BCUT2D eigenvalue weighted by Gasteiger charge is -2.25. The molecule has 1 amide bonds. The Labute approximate surface area is 135 Å². The van der Waals surface area contributed by atoms with Crippen LogP contribution in [0.1, 0.15) is 25.0 Å². The van der Waals surface area contributed by atoms with Crippen LogP contribution >= 0.6 is 23.2 Å². The molecule has 2 rings (SSSR count). The highest BCUT2D eigenvalue weighted by molar-refractivity contribution is 6.42. The van der Waals surface area contributed by atoms with E-state index in [0.29, 0.717) is 23.2 Å². The van der Waals surface area contributed by atoms with E-state index in [-0.39, 0.29) is 17.9 Å². The van der Waals surface area contributed by atoms with E-state index in [9.17, 15) is 4.79 Å². The van der Waals surface area contributed by atoms with Gasteiger partial charge in [-0.1, -0.05) is 29.3 Å². The second kappa shape index (κ2) is 7.99. The van der Waals surface area contributed by atoms with Crippen LogP contribution in [0.15, 0.2) is 18.2 Å². The zero-order valence-corrected chi connectivity index (χ0v) is 13.5. The first-order valence-corrected chi connectivity index (χ1v) is 7.85. The van der Waals surface area contributed by atoms with Gasteiger partial charge in [0.15, 0.2) is 0 Å². The third kappa shape index (κ3) is 4.85. The van der Waals surface area contributed by atoms with Gasteiger partial charge < -0.3 is 15.4 Å². The molecular formula is C15H20Cl2N2O2. The minimum atomic E-state index is -0.0384. The maximum Gasteiger partial charge on any atom is 0.216 e. The summed E-state index contributed by atoms with van der Waals surface area (Å²) in [7, 11) is 0. The van der Waals surface area contributed by atoms with Crippen molar-refractivity contribution in [3.05, 3.63) is 33.8 Å². The highest BCUT2D eigenvalue weighted by Gasteiger charge is 2.26. The van der Waals surface area contributed by atoms with Crippen molar-refractivity contribution >= 4 is 29.1 Å². The summed E-state index contributed by atoms with van der Waals surface area (Å²) in [6.07, 6.45) is 0.806. The van der Waals surface area contributed by atoms with Gasteiger partial charge in [-0.2, -0.15) is 0 Å². The largest absolute Gasteiger partial charge is 0.372 e. The molecular weight excluding hydrogens is 311 g/mol. The molecule has 2 atom stereocenters. The second-order valence-corrected chi connectivity index (χ2v) is 6.02. The lowest BCUT2D eigenvalue weighted by atomic mass is 9.92. The highest BCUT2D eigenvalue weighted by Crippen LogP contribution is 2.33. The number of rotatable bonds is 4. The molecule has 0 unspecified atom stereocenters. The lowest BCUT2D eigenvalue weighted by molar-refractivity contribution is -0.119. The van der Waals surface area contributed by atoms with Crippen LogP contribution < -0.4 is 10.6 Å². The second-order valence-electron chi connectivity index (χ2n) is 5.20. The fourth-order valence-corrected chi connectivity index (χ4v) is 2.84. The standard InChI is InChI=1S/C15H20Cl2N2O2/c1-10(20)19-5-4-12-9-18-6-7-21-15(12)11-2-3-13(16)14(17)8-11/h2-3,8,12,15,18H,4-7,9H2,1H3,(H,19,20)/t12-,15-/m0/s1. The van der Waals surface area contributed by atoms with Crippen molar-refractivity contribution in [3.63, 3.8) is 0 Å². The SMILES string of the molecule is CC(=O)NCC[C@H]1CNCCO[C@H]1c1ccc(Cl)c(Cl)c1. The third-order valence-corrected chi connectivity index (χ3v) is 4.31. The Balaban J connectivity index is 2.10. The van der Waals surface area contributed by atoms with Gasteiger partial charge in [0, 0.05) is 32.5 Å². The predicted octanol–water partition coefficient (Wildman–Crippen LogP) is 2.80. The van der Waals surface area contributed by atoms with Crippen LogP contribution in [0.3, 0.4) is 0 Å². The number of amides is 1. The number of carbonyl (C=O) groups excluding carboxylic acids is 1. The minimum absolute atomic E-state index is 0.0106. The number of carbonyl (C=O) groups is 1. The molecule has 21 heavy (non-hydrogen) atoms. The van der Waals surface area contributed by atoms with Crippen molar-refractivity contribution in [1.82, 2.24) is 10.6 Å². The summed E-state index contributed by atoms with van der Waals surface area (Å²) < 4.78 is 5.98. The number of hydrogen-bond acceptors (Lipinski definition) is 3. The van der Waals surface area contributed by atoms with E-state index >= 15 is 0 Å². The summed E-state index contributed by atoms with van der Waals surface area (Å²) in [5.74, 6) is 0.264. The first-order valence-electron chi connectivity index (χ1n) is 7.09. The number of nitrogens with one attached hydrogen (secondary N) is 2. The number of hydrogen-bond donors (Lipinski definition) is 2. The first kappa shape index (κ1) is 16.6. The minimum Gasteiger partial charge on any atom is -0.372 e. The van der Waals surface area contributed by atoms with E-state index in [1.807, 2.05) is 12.1 Å². The van der Waals surface area contributed by atoms with Crippen LogP contribution in [0.4, 0.5) is 0 Å². The first-order chi connectivity index (χ1) is 10.1. The topological polar surface area (TPSA) is 50.4 Å². The molecule has 1 saturated heterocycles. The van der Waals surface area contributed by atoms with E-state index in [4.69, 9.17) is 27.9 Å². The maximum absolute atomic E-state index is 11.0. The van der Waals surface area contributed by atoms with Crippen molar-refractivity contribution in [2.45, 2.75) is 19.4 Å². The molecule has 0 spiro atoms.